The summed E-state index contributed by atoms with van der Waals surface area (Å²) in [6.07, 6.45) is -4.59. The Labute approximate surface area is 178 Å². The van der Waals surface area contributed by atoms with Crippen molar-refractivity contribution in [1.82, 2.24) is 9.78 Å². The predicted octanol–water partition coefficient (Wildman–Crippen LogP) is 3.91. The molecule has 166 valence electrons. The highest BCUT2D eigenvalue weighted by Gasteiger charge is 2.30. The van der Waals surface area contributed by atoms with E-state index in [2.05, 4.69) is 15.7 Å². The molecule has 1 aromatic heterocycles. The molecule has 0 atom stereocenters. The SMILES string of the molecule is CC(=O)Nc1cc(NC(=O)c2nn(-c3cccc(C(F)(F)F)c3)c(C)cc2=O)ccc1F. The zero-order valence-corrected chi connectivity index (χ0v) is 16.7. The van der Waals surface area contributed by atoms with Crippen LogP contribution in [0.2, 0.25) is 0 Å². The number of hydrogen-bond acceptors (Lipinski definition) is 4. The van der Waals surface area contributed by atoms with Gasteiger partial charge in [0.05, 0.1) is 16.9 Å². The average Bonchev–Trinajstić information content (AvgIpc) is 2.69. The van der Waals surface area contributed by atoms with E-state index < -0.39 is 40.5 Å². The van der Waals surface area contributed by atoms with Crippen LogP contribution in [0.25, 0.3) is 5.69 Å². The third kappa shape index (κ3) is 4.99. The fourth-order valence-corrected chi connectivity index (χ4v) is 2.86. The van der Waals surface area contributed by atoms with Crippen molar-refractivity contribution in [3.8, 4) is 5.69 Å². The van der Waals surface area contributed by atoms with E-state index in [0.717, 1.165) is 35.0 Å². The number of rotatable bonds is 4. The standard InChI is InChI=1S/C21H16F4N4O3/c1-11-8-18(31)19(28-29(11)15-5-3-4-13(9-15)21(23,24)25)20(32)27-14-6-7-16(22)17(10-14)26-12(2)30/h3-10H,1-2H3,(H,26,30)(H,27,32). The van der Waals surface area contributed by atoms with Gasteiger partial charge in [0, 0.05) is 24.4 Å². The largest absolute Gasteiger partial charge is 0.416 e. The number of carbonyl (C=O) groups excluding carboxylic acids is 2. The molecule has 0 fully saturated rings. The zero-order chi connectivity index (χ0) is 23.6. The first-order valence-corrected chi connectivity index (χ1v) is 9.13. The minimum Gasteiger partial charge on any atom is -0.324 e. The fourth-order valence-electron chi connectivity index (χ4n) is 2.86. The summed E-state index contributed by atoms with van der Waals surface area (Å²) in [6.45, 7) is 2.63. The predicted molar refractivity (Wildman–Crippen MR) is 108 cm³/mol. The van der Waals surface area contributed by atoms with Crippen LogP contribution in [0.5, 0.6) is 0 Å². The van der Waals surface area contributed by atoms with Crippen molar-refractivity contribution in [2.45, 2.75) is 20.0 Å². The lowest BCUT2D eigenvalue weighted by Gasteiger charge is -2.14. The van der Waals surface area contributed by atoms with Crippen LogP contribution in [0.3, 0.4) is 0 Å². The van der Waals surface area contributed by atoms with E-state index in [1.807, 2.05) is 0 Å². The molecule has 11 heteroatoms. The van der Waals surface area contributed by atoms with Crippen molar-refractivity contribution in [1.29, 1.82) is 0 Å². The van der Waals surface area contributed by atoms with Crippen LogP contribution >= 0.6 is 0 Å². The Balaban J connectivity index is 1.97. The molecule has 3 aromatic rings. The van der Waals surface area contributed by atoms with Gasteiger partial charge in [-0.15, -0.1) is 0 Å². The van der Waals surface area contributed by atoms with Crippen molar-refractivity contribution in [3.05, 3.63) is 81.5 Å². The fraction of sp³-hybridized carbons (Fsp3) is 0.143. The van der Waals surface area contributed by atoms with Crippen LogP contribution in [0.15, 0.2) is 53.3 Å². The molecule has 2 N–H and O–H groups in total. The van der Waals surface area contributed by atoms with Crippen LogP contribution in [-0.4, -0.2) is 21.6 Å². The van der Waals surface area contributed by atoms with E-state index in [1.165, 1.54) is 32.0 Å². The van der Waals surface area contributed by atoms with Crippen LogP contribution in [0.4, 0.5) is 28.9 Å². The maximum Gasteiger partial charge on any atom is 0.416 e. The van der Waals surface area contributed by atoms with Crippen molar-refractivity contribution in [3.63, 3.8) is 0 Å². The van der Waals surface area contributed by atoms with Gasteiger partial charge in [-0.2, -0.15) is 18.3 Å². The average molecular weight is 448 g/mol. The number of alkyl halides is 3. The highest BCUT2D eigenvalue weighted by atomic mass is 19.4. The Morgan fingerprint density at radius 1 is 1.03 bits per heavy atom. The van der Waals surface area contributed by atoms with Crippen molar-refractivity contribution < 1.29 is 27.2 Å². The van der Waals surface area contributed by atoms with E-state index in [-0.39, 0.29) is 22.8 Å². The summed E-state index contributed by atoms with van der Waals surface area (Å²) in [6, 6.07) is 8.68. The third-order valence-electron chi connectivity index (χ3n) is 4.28. The molecule has 0 unspecified atom stereocenters. The number of benzene rings is 2. The number of halogens is 4. The van der Waals surface area contributed by atoms with Gasteiger partial charge in [0.1, 0.15) is 5.82 Å². The highest BCUT2D eigenvalue weighted by Crippen LogP contribution is 2.30. The van der Waals surface area contributed by atoms with Gasteiger partial charge in [-0.05, 0) is 43.3 Å². The van der Waals surface area contributed by atoms with Gasteiger partial charge in [-0.3, -0.25) is 14.4 Å². The van der Waals surface area contributed by atoms with Gasteiger partial charge in [0.15, 0.2) is 5.69 Å². The zero-order valence-electron chi connectivity index (χ0n) is 16.7. The number of amides is 2. The molecule has 0 aliphatic carbocycles. The summed E-state index contributed by atoms with van der Waals surface area (Å²) in [5.74, 6) is -2.23. The second-order valence-electron chi connectivity index (χ2n) is 6.79. The lowest BCUT2D eigenvalue weighted by molar-refractivity contribution is -0.137. The Morgan fingerprint density at radius 2 is 1.75 bits per heavy atom. The molecule has 1 heterocycles. The van der Waals surface area contributed by atoms with E-state index in [1.54, 1.807) is 0 Å². The lowest BCUT2D eigenvalue weighted by atomic mass is 10.2. The monoisotopic (exact) mass is 448 g/mol. The summed E-state index contributed by atoms with van der Waals surface area (Å²) >= 11 is 0. The minimum absolute atomic E-state index is 0.00102. The Hall–Kier alpha value is -4.02. The van der Waals surface area contributed by atoms with Gasteiger partial charge in [-0.1, -0.05) is 6.07 Å². The number of aryl methyl sites for hydroxylation is 1. The van der Waals surface area contributed by atoms with Crippen LogP contribution in [-0.2, 0) is 11.0 Å². The maximum absolute atomic E-state index is 13.8. The van der Waals surface area contributed by atoms with Crippen LogP contribution in [0, 0.1) is 12.7 Å². The normalized spacial score (nSPS) is 11.2. The van der Waals surface area contributed by atoms with Crippen LogP contribution < -0.4 is 16.1 Å². The molecule has 32 heavy (non-hydrogen) atoms. The molecule has 0 aliphatic heterocycles. The molecule has 0 spiro atoms. The van der Waals surface area contributed by atoms with Crippen molar-refractivity contribution in [2.75, 3.05) is 10.6 Å². The lowest BCUT2D eigenvalue weighted by Crippen LogP contribution is -2.27. The highest BCUT2D eigenvalue weighted by molar-refractivity contribution is 6.03. The quantitative estimate of drug-likeness (QED) is 0.592. The van der Waals surface area contributed by atoms with Gasteiger partial charge < -0.3 is 10.6 Å². The van der Waals surface area contributed by atoms with Gasteiger partial charge >= 0.3 is 6.18 Å². The Bertz CT molecular complexity index is 1270. The molecular weight excluding hydrogens is 432 g/mol. The number of aromatic nitrogens is 2. The first kappa shape index (κ1) is 22.7. The maximum atomic E-state index is 13.8. The first-order valence-electron chi connectivity index (χ1n) is 9.13. The molecule has 0 bridgehead atoms. The van der Waals surface area contributed by atoms with E-state index >= 15 is 0 Å². The second kappa shape index (κ2) is 8.61. The smallest absolute Gasteiger partial charge is 0.324 e. The molecule has 2 aromatic carbocycles. The van der Waals surface area contributed by atoms with Crippen molar-refractivity contribution >= 4 is 23.2 Å². The summed E-state index contributed by atoms with van der Waals surface area (Å²) < 4.78 is 53.9. The molecule has 0 saturated heterocycles. The number of hydrogen-bond donors (Lipinski definition) is 2. The number of anilines is 2. The molecule has 0 aliphatic rings. The third-order valence-corrected chi connectivity index (χ3v) is 4.28. The molecule has 2 amide bonds. The topological polar surface area (TPSA) is 93.1 Å². The van der Waals surface area contributed by atoms with Crippen LogP contribution in [0.1, 0.15) is 28.7 Å². The molecule has 0 radical (unpaired) electrons. The summed E-state index contributed by atoms with van der Waals surface area (Å²) in [7, 11) is 0. The molecule has 3 rings (SSSR count). The molecular formula is C21H16F4N4O3. The van der Waals surface area contributed by atoms with E-state index in [4.69, 9.17) is 0 Å². The molecule has 7 nitrogen and oxygen atoms in total. The van der Waals surface area contributed by atoms with Crippen molar-refractivity contribution in [2.24, 2.45) is 0 Å². The molecule has 0 saturated carbocycles. The first-order chi connectivity index (χ1) is 15.0. The minimum atomic E-state index is -4.59. The van der Waals surface area contributed by atoms with Gasteiger partial charge in [0.2, 0.25) is 11.3 Å². The summed E-state index contributed by atoms with van der Waals surface area (Å²) in [5.41, 5.74) is -2.17. The van der Waals surface area contributed by atoms with E-state index in [9.17, 15) is 31.9 Å². The number of nitrogens with one attached hydrogen (secondary N) is 2. The number of carbonyl (C=O) groups is 2. The Morgan fingerprint density at radius 3 is 2.41 bits per heavy atom. The van der Waals surface area contributed by atoms with E-state index in [0.29, 0.717) is 0 Å². The summed E-state index contributed by atoms with van der Waals surface area (Å²) in [4.78, 5) is 36.1. The summed E-state index contributed by atoms with van der Waals surface area (Å²) in [5, 5.41) is 8.55. The van der Waals surface area contributed by atoms with Gasteiger partial charge in [0.25, 0.3) is 5.91 Å². The van der Waals surface area contributed by atoms with Gasteiger partial charge in [-0.25, -0.2) is 9.07 Å². The second-order valence-corrected chi connectivity index (χ2v) is 6.79. The number of nitrogens with zero attached hydrogens (tertiary/aromatic N) is 2. The Kier molecular flexibility index (Phi) is 6.10.